The number of benzene rings is 2. The zero-order valence-electron chi connectivity index (χ0n) is 19.0. The van der Waals surface area contributed by atoms with Gasteiger partial charge in [0.05, 0.1) is 11.8 Å². The molecule has 0 heterocycles. The fourth-order valence-corrected chi connectivity index (χ4v) is 6.44. The van der Waals surface area contributed by atoms with Gasteiger partial charge in [-0.3, -0.25) is 4.90 Å². The number of carbonyl (C=O) groups is 1. The van der Waals surface area contributed by atoms with Gasteiger partial charge in [-0.15, -0.1) is 0 Å². The van der Waals surface area contributed by atoms with E-state index in [0.717, 1.165) is 62.7 Å². The molecular weight excluding hydrogens is 422 g/mol. The third-order valence-corrected chi connectivity index (χ3v) is 7.88. The number of hydrogen-bond donors (Lipinski definition) is 2. The van der Waals surface area contributed by atoms with E-state index in [1.807, 2.05) is 42.3 Å². The molecule has 0 aromatic heterocycles. The van der Waals surface area contributed by atoms with Gasteiger partial charge in [0.2, 0.25) is 10.0 Å². The van der Waals surface area contributed by atoms with Crippen LogP contribution in [0.2, 0.25) is 0 Å². The van der Waals surface area contributed by atoms with E-state index >= 15 is 0 Å². The van der Waals surface area contributed by atoms with E-state index in [9.17, 15) is 13.2 Å². The Labute approximate surface area is 191 Å². The average molecular weight is 456 g/mol. The molecule has 2 aromatic rings. The number of urea groups is 1. The topological polar surface area (TPSA) is 78.5 Å². The van der Waals surface area contributed by atoms with Crippen LogP contribution in [0.15, 0.2) is 36.4 Å². The largest absolute Gasteiger partial charge is 0.332 e. The first-order chi connectivity index (χ1) is 15.4. The predicted octanol–water partition coefficient (Wildman–Crippen LogP) is 4.20. The molecule has 0 spiro atoms. The number of nitrogens with one attached hydrogen (secondary N) is 2. The lowest BCUT2D eigenvalue weighted by Gasteiger charge is -2.28. The molecule has 0 aliphatic heterocycles. The lowest BCUT2D eigenvalue weighted by Crippen LogP contribution is -2.40. The number of anilines is 1. The first-order valence-electron chi connectivity index (χ1n) is 11.6. The zero-order valence-corrected chi connectivity index (χ0v) is 19.8. The van der Waals surface area contributed by atoms with Crippen molar-refractivity contribution in [2.45, 2.75) is 57.9 Å². The van der Waals surface area contributed by atoms with E-state index < -0.39 is 16.1 Å². The van der Waals surface area contributed by atoms with Gasteiger partial charge in [-0.2, -0.15) is 0 Å². The van der Waals surface area contributed by atoms with Crippen LogP contribution in [0.5, 0.6) is 0 Å². The van der Waals surface area contributed by atoms with Crippen LogP contribution >= 0.6 is 0 Å². The maximum atomic E-state index is 13.0. The minimum atomic E-state index is -3.84. The molecule has 0 saturated heterocycles. The molecule has 2 aromatic carbocycles. The van der Waals surface area contributed by atoms with Gasteiger partial charge in [0.1, 0.15) is 0 Å². The first kappa shape index (κ1) is 22.8. The second-order valence-electron chi connectivity index (χ2n) is 8.98. The fourth-order valence-electron chi connectivity index (χ4n) is 5.16. The van der Waals surface area contributed by atoms with E-state index in [1.54, 1.807) is 0 Å². The summed E-state index contributed by atoms with van der Waals surface area (Å²) in [4.78, 5) is 14.9. The summed E-state index contributed by atoms with van der Waals surface area (Å²) >= 11 is 0. The van der Waals surface area contributed by atoms with E-state index in [4.69, 9.17) is 0 Å². The Morgan fingerprint density at radius 1 is 1.03 bits per heavy atom. The van der Waals surface area contributed by atoms with E-state index in [-0.39, 0.29) is 11.8 Å². The Kier molecular flexibility index (Phi) is 6.86. The van der Waals surface area contributed by atoms with Gasteiger partial charge in [0.25, 0.3) is 0 Å². The van der Waals surface area contributed by atoms with Crippen LogP contribution in [0.3, 0.4) is 0 Å². The monoisotopic (exact) mass is 455 g/mol. The van der Waals surface area contributed by atoms with Crippen molar-refractivity contribution < 1.29 is 13.2 Å². The molecular formula is C25H33N3O3S. The summed E-state index contributed by atoms with van der Waals surface area (Å²) in [7, 11) is -1.92. The summed E-state index contributed by atoms with van der Waals surface area (Å²) in [6.07, 6.45) is 6.99. The molecule has 1 unspecified atom stereocenters. The van der Waals surface area contributed by atoms with Crippen molar-refractivity contribution in [1.82, 2.24) is 9.62 Å². The molecule has 7 heteroatoms. The molecule has 172 valence electrons. The third kappa shape index (κ3) is 4.99. The number of nitrogens with zero attached hydrogens (tertiary/aromatic N) is 1. The van der Waals surface area contributed by atoms with Crippen LogP contribution in [0, 0.1) is 0 Å². The van der Waals surface area contributed by atoms with Crippen LogP contribution in [0.4, 0.5) is 10.5 Å². The molecule has 0 saturated carbocycles. The molecule has 1 atom stereocenters. The van der Waals surface area contributed by atoms with Crippen LogP contribution in [0.25, 0.3) is 0 Å². The molecule has 2 N–H and O–H groups in total. The molecule has 32 heavy (non-hydrogen) atoms. The smallest absolute Gasteiger partial charge is 0.307 e. The third-order valence-electron chi connectivity index (χ3n) is 6.63. The van der Waals surface area contributed by atoms with Gasteiger partial charge in [-0.25, -0.2) is 17.9 Å². The fraction of sp³-hybridized carbons (Fsp3) is 0.480. The molecule has 0 bridgehead atoms. The van der Waals surface area contributed by atoms with Gasteiger partial charge < -0.3 is 5.32 Å². The van der Waals surface area contributed by atoms with Crippen LogP contribution < -0.4 is 10.0 Å². The Bertz CT molecular complexity index is 1050. The number of aryl methyl sites for hydroxylation is 2. The summed E-state index contributed by atoms with van der Waals surface area (Å²) in [5.74, 6) is -0.175. The highest BCUT2D eigenvalue weighted by Gasteiger charge is 2.28. The highest BCUT2D eigenvalue weighted by atomic mass is 32.2. The summed E-state index contributed by atoms with van der Waals surface area (Å²) in [5, 5.41) is 2.92. The number of rotatable bonds is 8. The Morgan fingerprint density at radius 2 is 1.66 bits per heavy atom. The lowest BCUT2D eigenvalue weighted by molar-refractivity contribution is 0.255. The summed E-state index contributed by atoms with van der Waals surface area (Å²) < 4.78 is 28.3. The SMILES string of the molecule is CCCN(C)C(CS(=O)(=O)NC(=O)Nc1c2c(cc3c1CCC3)CCC2)c1ccccc1. The van der Waals surface area contributed by atoms with Gasteiger partial charge in [0.15, 0.2) is 0 Å². The van der Waals surface area contributed by atoms with Crippen molar-refractivity contribution in [1.29, 1.82) is 0 Å². The standard InChI is InChI=1S/C25H33N3O3S/c1-3-15-28(2)23(18-9-5-4-6-10-18)17-32(30,31)27-25(29)26-24-21-13-7-11-19(21)16-20-12-8-14-22(20)24/h4-6,9-10,16,23H,3,7-8,11-15,17H2,1-2H3,(H2,26,27,29). The minimum Gasteiger partial charge on any atom is -0.307 e. The predicted molar refractivity (Wildman–Crippen MR) is 129 cm³/mol. The molecule has 2 aliphatic rings. The van der Waals surface area contributed by atoms with Gasteiger partial charge >= 0.3 is 6.03 Å². The van der Waals surface area contributed by atoms with Crippen molar-refractivity contribution in [2.24, 2.45) is 0 Å². The maximum Gasteiger partial charge on any atom is 0.332 e. The molecule has 0 radical (unpaired) electrons. The highest BCUT2D eigenvalue weighted by Crippen LogP contribution is 2.38. The number of hydrogen-bond acceptors (Lipinski definition) is 4. The normalized spacial score (nSPS) is 16.0. The van der Waals surface area contributed by atoms with Crippen molar-refractivity contribution >= 4 is 21.7 Å². The maximum absolute atomic E-state index is 13.0. The van der Waals surface area contributed by atoms with E-state index in [0.29, 0.717) is 0 Å². The van der Waals surface area contributed by atoms with Crippen molar-refractivity contribution in [3.63, 3.8) is 0 Å². The number of sulfonamides is 1. The molecule has 2 aliphatic carbocycles. The summed E-state index contributed by atoms with van der Waals surface area (Å²) in [6.45, 7) is 2.83. The van der Waals surface area contributed by atoms with Crippen LogP contribution in [-0.2, 0) is 35.7 Å². The summed E-state index contributed by atoms with van der Waals surface area (Å²) in [6, 6.07) is 10.9. The van der Waals surface area contributed by atoms with Crippen LogP contribution in [0.1, 0.15) is 60.0 Å². The quantitative estimate of drug-likeness (QED) is 0.625. The molecule has 4 rings (SSSR count). The number of amides is 2. The van der Waals surface area contributed by atoms with Crippen molar-refractivity contribution in [2.75, 3.05) is 24.7 Å². The Balaban J connectivity index is 1.51. The highest BCUT2D eigenvalue weighted by molar-refractivity contribution is 7.90. The second kappa shape index (κ2) is 9.63. The van der Waals surface area contributed by atoms with Crippen LogP contribution in [-0.4, -0.2) is 38.7 Å². The van der Waals surface area contributed by atoms with Crippen molar-refractivity contribution in [3.8, 4) is 0 Å². The van der Waals surface area contributed by atoms with E-state index in [1.165, 1.54) is 22.3 Å². The molecule has 2 amide bonds. The Hall–Kier alpha value is -2.38. The zero-order chi connectivity index (χ0) is 22.7. The van der Waals surface area contributed by atoms with Gasteiger partial charge in [-0.1, -0.05) is 43.3 Å². The van der Waals surface area contributed by atoms with Gasteiger partial charge in [-0.05, 0) is 86.4 Å². The minimum absolute atomic E-state index is 0.175. The number of fused-ring (bicyclic) bond motifs is 2. The summed E-state index contributed by atoms with van der Waals surface area (Å²) in [5.41, 5.74) is 6.74. The molecule has 0 fully saturated rings. The van der Waals surface area contributed by atoms with E-state index in [2.05, 4.69) is 23.0 Å². The second-order valence-corrected chi connectivity index (χ2v) is 10.7. The lowest BCUT2D eigenvalue weighted by atomic mass is 9.99. The average Bonchev–Trinajstić information content (AvgIpc) is 3.41. The molecule has 6 nitrogen and oxygen atoms in total. The van der Waals surface area contributed by atoms with Gasteiger partial charge in [0, 0.05) is 5.69 Å². The van der Waals surface area contributed by atoms with Crippen molar-refractivity contribution in [3.05, 3.63) is 64.2 Å². The first-order valence-corrected chi connectivity index (χ1v) is 13.3. The Morgan fingerprint density at radius 3 is 2.25 bits per heavy atom. The number of carbonyl (C=O) groups excluding carboxylic acids is 1.